The normalized spacial score (nSPS) is 18.9. The van der Waals surface area contributed by atoms with E-state index in [0.29, 0.717) is 13.1 Å². The van der Waals surface area contributed by atoms with Gasteiger partial charge < -0.3 is 25.3 Å². The number of nitrogens with one attached hydrogen (secondary N) is 1. The van der Waals surface area contributed by atoms with Crippen LogP contribution < -0.4 is 5.32 Å². The molecule has 0 saturated carbocycles. The number of aliphatic carboxylic acids is 1. The van der Waals surface area contributed by atoms with Gasteiger partial charge in [-0.05, 0) is 6.92 Å². The Morgan fingerprint density at radius 3 is 2.74 bits per heavy atom. The second-order valence-electron chi connectivity index (χ2n) is 4.18. The fourth-order valence-electron chi connectivity index (χ4n) is 2.00. The average molecular weight is 273 g/mol. The number of amides is 3. The molecule has 0 bridgehead atoms. The lowest BCUT2D eigenvalue weighted by Gasteiger charge is -2.37. The van der Waals surface area contributed by atoms with Crippen molar-refractivity contribution in [2.24, 2.45) is 0 Å². The number of aliphatic hydroxyl groups is 1. The maximum Gasteiger partial charge on any atom is 0.320 e. The van der Waals surface area contributed by atoms with Crippen LogP contribution in [0.3, 0.4) is 0 Å². The molecule has 1 aliphatic heterocycles. The molecule has 0 radical (unpaired) electrons. The van der Waals surface area contributed by atoms with Crippen LogP contribution in [0.25, 0.3) is 0 Å². The van der Waals surface area contributed by atoms with E-state index in [2.05, 4.69) is 5.32 Å². The zero-order chi connectivity index (χ0) is 14.4. The topological polar surface area (TPSA) is 110 Å². The Kier molecular flexibility index (Phi) is 5.56. The van der Waals surface area contributed by atoms with Gasteiger partial charge in [-0.25, -0.2) is 4.79 Å². The van der Waals surface area contributed by atoms with Crippen molar-refractivity contribution >= 4 is 17.9 Å². The van der Waals surface area contributed by atoms with Crippen molar-refractivity contribution in [2.75, 3.05) is 32.8 Å². The number of carboxylic acids is 1. The summed E-state index contributed by atoms with van der Waals surface area (Å²) in [4.78, 5) is 37.3. The van der Waals surface area contributed by atoms with Crippen LogP contribution in [-0.2, 0) is 9.59 Å². The fourth-order valence-corrected chi connectivity index (χ4v) is 2.00. The van der Waals surface area contributed by atoms with Gasteiger partial charge >= 0.3 is 12.0 Å². The third-order valence-electron chi connectivity index (χ3n) is 2.97. The van der Waals surface area contributed by atoms with Gasteiger partial charge in [-0.15, -0.1) is 0 Å². The van der Waals surface area contributed by atoms with Crippen LogP contribution in [0.1, 0.15) is 13.3 Å². The Labute approximate surface area is 111 Å². The Hall–Kier alpha value is -1.83. The first-order valence-corrected chi connectivity index (χ1v) is 6.17. The van der Waals surface area contributed by atoms with Gasteiger partial charge in [0.1, 0.15) is 6.04 Å². The number of carbonyl (C=O) groups excluding carboxylic acids is 2. The highest BCUT2D eigenvalue weighted by atomic mass is 16.4. The maximum atomic E-state index is 12.2. The molecule has 1 fully saturated rings. The number of urea groups is 1. The largest absolute Gasteiger partial charge is 0.481 e. The third kappa shape index (κ3) is 3.82. The Balaban J connectivity index is 2.83. The lowest BCUT2D eigenvalue weighted by atomic mass is 10.1. The predicted octanol–water partition coefficient (Wildman–Crippen LogP) is -1.30. The minimum Gasteiger partial charge on any atom is -0.481 e. The van der Waals surface area contributed by atoms with Gasteiger partial charge in [0.2, 0.25) is 5.91 Å². The molecule has 0 spiro atoms. The third-order valence-corrected chi connectivity index (χ3v) is 2.97. The number of aliphatic hydroxyl groups excluding tert-OH is 1. The molecule has 0 aromatic rings. The van der Waals surface area contributed by atoms with E-state index < -0.39 is 30.4 Å². The molecule has 1 heterocycles. The Bertz CT molecular complexity index is 360. The maximum absolute atomic E-state index is 12.2. The lowest BCUT2D eigenvalue weighted by molar-refractivity contribution is -0.142. The summed E-state index contributed by atoms with van der Waals surface area (Å²) in [5, 5.41) is 20.3. The zero-order valence-corrected chi connectivity index (χ0v) is 10.8. The van der Waals surface area contributed by atoms with Gasteiger partial charge in [-0.1, -0.05) is 0 Å². The number of likely N-dealkylation sites (N-methyl/N-ethyl adjacent to an activating group) is 1. The summed E-state index contributed by atoms with van der Waals surface area (Å²) < 4.78 is 0. The van der Waals surface area contributed by atoms with Crippen molar-refractivity contribution in [1.29, 1.82) is 0 Å². The quantitative estimate of drug-likeness (QED) is 0.576. The smallest absolute Gasteiger partial charge is 0.320 e. The van der Waals surface area contributed by atoms with Crippen molar-refractivity contribution in [3.05, 3.63) is 0 Å². The van der Waals surface area contributed by atoms with Crippen LogP contribution in [0.4, 0.5) is 4.79 Å². The van der Waals surface area contributed by atoms with Crippen LogP contribution in [-0.4, -0.2) is 76.7 Å². The summed E-state index contributed by atoms with van der Waals surface area (Å²) in [5.74, 6) is -1.59. The number of carboxylic acid groups (broad SMARTS) is 1. The van der Waals surface area contributed by atoms with Crippen LogP contribution in [0.15, 0.2) is 0 Å². The molecule has 1 rings (SSSR count). The molecule has 1 aliphatic rings. The molecule has 0 aliphatic carbocycles. The zero-order valence-electron chi connectivity index (χ0n) is 10.8. The highest BCUT2D eigenvalue weighted by Crippen LogP contribution is 2.12. The lowest BCUT2D eigenvalue weighted by Crippen LogP contribution is -2.60. The van der Waals surface area contributed by atoms with Gasteiger partial charge in [0.05, 0.1) is 13.0 Å². The summed E-state index contributed by atoms with van der Waals surface area (Å²) in [6.45, 7) is 2.69. The molecule has 1 atom stereocenters. The molecule has 1 saturated heterocycles. The molecule has 3 amide bonds. The number of nitrogens with zero attached hydrogens (tertiary/aromatic N) is 2. The summed E-state index contributed by atoms with van der Waals surface area (Å²) >= 11 is 0. The second kappa shape index (κ2) is 6.93. The van der Waals surface area contributed by atoms with E-state index in [0.717, 1.165) is 0 Å². The fraction of sp³-hybridized carbons (Fsp3) is 0.727. The van der Waals surface area contributed by atoms with Gasteiger partial charge in [0.25, 0.3) is 0 Å². The van der Waals surface area contributed by atoms with Crippen LogP contribution in [0, 0.1) is 0 Å². The van der Waals surface area contributed by atoms with Crippen LogP contribution in [0.2, 0.25) is 0 Å². The standard InChI is InChI=1S/C11H19N3O5/c1-2-13(5-6-15)11(19)14-4-3-12-10(18)8(14)7-9(16)17/h8,15H,2-7H2,1H3,(H,12,18)(H,16,17). The van der Waals surface area contributed by atoms with Crippen molar-refractivity contribution in [3.63, 3.8) is 0 Å². The predicted molar refractivity (Wildman–Crippen MR) is 65.5 cm³/mol. The summed E-state index contributed by atoms with van der Waals surface area (Å²) in [6.07, 6.45) is -0.422. The van der Waals surface area contributed by atoms with E-state index in [-0.39, 0.29) is 19.7 Å². The summed E-state index contributed by atoms with van der Waals surface area (Å²) in [7, 11) is 0. The minimum atomic E-state index is -1.13. The molecule has 108 valence electrons. The van der Waals surface area contributed by atoms with Gasteiger partial charge in [-0.3, -0.25) is 9.59 Å². The molecular weight excluding hydrogens is 254 g/mol. The van der Waals surface area contributed by atoms with Crippen molar-refractivity contribution < 1.29 is 24.6 Å². The summed E-state index contributed by atoms with van der Waals surface area (Å²) in [5.41, 5.74) is 0. The van der Waals surface area contributed by atoms with Gasteiger partial charge in [0, 0.05) is 26.2 Å². The number of hydrogen-bond acceptors (Lipinski definition) is 4. The first-order valence-electron chi connectivity index (χ1n) is 6.17. The van der Waals surface area contributed by atoms with Gasteiger partial charge in [0.15, 0.2) is 0 Å². The second-order valence-corrected chi connectivity index (χ2v) is 4.18. The Morgan fingerprint density at radius 2 is 2.21 bits per heavy atom. The van der Waals surface area contributed by atoms with Crippen LogP contribution in [0.5, 0.6) is 0 Å². The Morgan fingerprint density at radius 1 is 1.53 bits per heavy atom. The van der Waals surface area contributed by atoms with E-state index >= 15 is 0 Å². The molecule has 19 heavy (non-hydrogen) atoms. The number of piperazine rings is 1. The number of rotatable bonds is 5. The van der Waals surface area contributed by atoms with E-state index in [9.17, 15) is 14.4 Å². The monoisotopic (exact) mass is 273 g/mol. The average Bonchev–Trinajstić information content (AvgIpc) is 2.37. The molecule has 8 nitrogen and oxygen atoms in total. The van der Waals surface area contributed by atoms with Crippen LogP contribution >= 0.6 is 0 Å². The molecule has 0 aromatic carbocycles. The van der Waals surface area contributed by atoms with Crippen molar-refractivity contribution in [1.82, 2.24) is 15.1 Å². The first kappa shape index (κ1) is 15.2. The molecule has 8 heteroatoms. The number of hydrogen-bond donors (Lipinski definition) is 3. The van der Waals surface area contributed by atoms with E-state index in [4.69, 9.17) is 10.2 Å². The minimum absolute atomic E-state index is 0.160. The molecular formula is C11H19N3O5. The molecule has 3 N–H and O–H groups in total. The highest BCUT2D eigenvalue weighted by Gasteiger charge is 2.36. The van der Waals surface area contributed by atoms with Crippen molar-refractivity contribution in [2.45, 2.75) is 19.4 Å². The SMILES string of the molecule is CCN(CCO)C(=O)N1CCNC(=O)C1CC(=O)O. The summed E-state index contributed by atoms with van der Waals surface area (Å²) in [6, 6.07) is -1.41. The molecule has 1 unspecified atom stereocenters. The molecule has 0 aromatic heterocycles. The van der Waals surface area contributed by atoms with E-state index in [1.807, 2.05) is 0 Å². The van der Waals surface area contributed by atoms with E-state index in [1.54, 1.807) is 6.92 Å². The number of carbonyl (C=O) groups is 3. The first-order chi connectivity index (χ1) is 9.01. The van der Waals surface area contributed by atoms with E-state index in [1.165, 1.54) is 9.80 Å². The van der Waals surface area contributed by atoms with Gasteiger partial charge in [-0.2, -0.15) is 0 Å². The highest BCUT2D eigenvalue weighted by molar-refractivity contribution is 5.91. The van der Waals surface area contributed by atoms with Crippen molar-refractivity contribution in [3.8, 4) is 0 Å².